The van der Waals surface area contributed by atoms with Crippen LogP contribution >= 0.6 is 23.2 Å². The van der Waals surface area contributed by atoms with Gasteiger partial charge in [0.1, 0.15) is 5.56 Å². The second-order valence-electron chi connectivity index (χ2n) is 6.43. The van der Waals surface area contributed by atoms with E-state index in [1.54, 1.807) is 17.0 Å². The zero-order valence-electron chi connectivity index (χ0n) is 14.5. The molecule has 1 aromatic heterocycles. The Hall–Kier alpha value is -2.90. The van der Waals surface area contributed by atoms with E-state index in [1.165, 1.54) is 18.2 Å². The number of hydrogen-bond acceptors (Lipinski definition) is 4. The number of fused-ring (bicyclic) bond motifs is 1. The first-order valence-corrected chi connectivity index (χ1v) is 9.25. The maximum absolute atomic E-state index is 13.0. The molecule has 0 atom stereocenters. The molecule has 2 aromatic carbocycles. The van der Waals surface area contributed by atoms with Crippen molar-refractivity contribution >= 4 is 34.8 Å². The molecule has 1 N–H and O–H groups in total. The molecule has 0 bridgehead atoms. The SMILES string of the molecule is O=C(c1ccc(Cl)cc1[N+](=O)[O-])N1CCc2[nH]nc(-c3ccc(Cl)cc3)c2C1. The van der Waals surface area contributed by atoms with Crippen molar-refractivity contribution in [3.63, 3.8) is 0 Å². The van der Waals surface area contributed by atoms with Crippen LogP contribution in [-0.4, -0.2) is 32.5 Å². The molecule has 0 fully saturated rings. The van der Waals surface area contributed by atoms with E-state index in [4.69, 9.17) is 23.2 Å². The molecule has 0 radical (unpaired) electrons. The number of nitro groups is 1. The average molecular weight is 417 g/mol. The molecule has 2 heterocycles. The fraction of sp³-hybridized carbons (Fsp3) is 0.158. The lowest BCUT2D eigenvalue weighted by molar-refractivity contribution is -0.385. The van der Waals surface area contributed by atoms with Crippen LogP contribution in [0.25, 0.3) is 11.3 Å². The molecule has 0 spiro atoms. The van der Waals surface area contributed by atoms with Crippen molar-refractivity contribution in [3.05, 3.63) is 79.4 Å². The largest absolute Gasteiger partial charge is 0.334 e. The van der Waals surface area contributed by atoms with Gasteiger partial charge in [0.05, 0.1) is 10.6 Å². The van der Waals surface area contributed by atoms with E-state index in [9.17, 15) is 14.9 Å². The van der Waals surface area contributed by atoms with Crippen LogP contribution in [-0.2, 0) is 13.0 Å². The van der Waals surface area contributed by atoms with Crippen LogP contribution in [0.15, 0.2) is 42.5 Å². The number of amides is 1. The van der Waals surface area contributed by atoms with Crippen LogP contribution in [0.5, 0.6) is 0 Å². The Morgan fingerprint density at radius 3 is 2.57 bits per heavy atom. The number of aromatic nitrogens is 2. The van der Waals surface area contributed by atoms with Crippen LogP contribution in [0.3, 0.4) is 0 Å². The lowest BCUT2D eigenvalue weighted by Crippen LogP contribution is -2.36. The first kappa shape index (κ1) is 18.5. The lowest BCUT2D eigenvalue weighted by atomic mass is 10.00. The second kappa shape index (κ2) is 7.26. The molecule has 9 heteroatoms. The molecule has 3 aromatic rings. The molecule has 0 unspecified atom stereocenters. The fourth-order valence-corrected chi connectivity index (χ4v) is 3.61. The summed E-state index contributed by atoms with van der Waals surface area (Å²) in [4.78, 5) is 25.3. The highest BCUT2D eigenvalue weighted by Crippen LogP contribution is 2.31. The number of benzene rings is 2. The van der Waals surface area contributed by atoms with Crippen molar-refractivity contribution in [2.24, 2.45) is 0 Å². The molecule has 0 saturated carbocycles. The van der Waals surface area contributed by atoms with Gasteiger partial charge in [-0.15, -0.1) is 0 Å². The van der Waals surface area contributed by atoms with Crippen LogP contribution in [0.2, 0.25) is 10.0 Å². The van der Waals surface area contributed by atoms with E-state index in [-0.39, 0.29) is 16.3 Å². The zero-order chi connectivity index (χ0) is 19.8. The molecule has 142 valence electrons. The Kier molecular flexibility index (Phi) is 4.78. The number of carbonyl (C=O) groups is 1. The number of nitrogens with zero attached hydrogens (tertiary/aromatic N) is 3. The standard InChI is InChI=1S/C19H14Cl2N4O3/c20-12-3-1-11(2-4-12)18-15-10-24(8-7-16(15)22-23-18)19(26)14-6-5-13(21)9-17(14)25(27)28/h1-6,9H,7-8,10H2,(H,22,23). The topological polar surface area (TPSA) is 92.1 Å². The van der Waals surface area contributed by atoms with Crippen LogP contribution < -0.4 is 0 Å². The second-order valence-corrected chi connectivity index (χ2v) is 7.30. The highest BCUT2D eigenvalue weighted by atomic mass is 35.5. The van der Waals surface area contributed by atoms with E-state index >= 15 is 0 Å². The number of rotatable bonds is 3. The number of aromatic amines is 1. The van der Waals surface area contributed by atoms with Crippen molar-refractivity contribution in [3.8, 4) is 11.3 Å². The van der Waals surface area contributed by atoms with Gasteiger partial charge in [-0.2, -0.15) is 5.10 Å². The van der Waals surface area contributed by atoms with E-state index in [0.29, 0.717) is 24.5 Å². The van der Waals surface area contributed by atoms with Crippen LogP contribution in [0.1, 0.15) is 21.6 Å². The average Bonchev–Trinajstić information content (AvgIpc) is 3.11. The normalized spacial score (nSPS) is 13.3. The van der Waals surface area contributed by atoms with Crippen LogP contribution in [0.4, 0.5) is 5.69 Å². The highest BCUT2D eigenvalue weighted by molar-refractivity contribution is 6.31. The first-order chi connectivity index (χ1) is 13.4. The Labute approximate surface area is 170 Å². The summed E-state index contributed by atoms with van der Waals surface area (Å²) in [5, 5.41) is 19.6. The summed E-state index contributed by atoms with van der Waals surface area (Å²) >= 11 is 11.8. The van der Waals surface area contributed by atoms with Gasteiger partial charge in [-0.3, -0.25) is 20.0 Å². The van der Waals surface area contributed by atoms with Crippen molar-refractivity contribution in [1.82, 2.24) is 15.1 Å². The highest BCUT2D eigenvalue weighted by Gasteiger charge is 2.30. The molecule has 4 rings (SSSR count). The van der Waals surface area contributed by atoms with Crippen LogP contribution in [0, 0.1) is 10.1 Å². The molecule has 7 nitrogen and oxygen atoms in total. The Morgan fingerprint density at radius 1 is 1.14 bits per heavy atom. The number of carbonyl (C=O) groups excluding carboxylic acids is 1. The summed E-state index contributed by atoms with van der Waals surface area (Å²) in [6.45, 7) is 0.746. The third-order valence-electron chi connectivity index (χ3n) is 4.73. The first-order valence-electron chi connectivity index (χ1n) is 8.49. The van der Waals surface area contributed by atoms with Crippen molar-refractivity contribution < 1.29 is 9.72 Å². The predicted molar refractivity (Wildman–Crippen MR) is 106 cm³/mol. The summed E-state index contributed by atoms with van der Waals surface area (Å²) < 4.78 is 0. The third-order valence-corrected chi connectivity index (χ3v) is 5.21. The molecular weight excluding hydrogens is 403 g/mol. The van der Waals surface area contributed by atoms with Crippen molar-refractivity contribution in [2.45, 2.75) is 13.0 Å². The van der Waals surface area contributed by atoms with E-state index in [1.807, 2.05) is 12.1 Å². The third kappa shape index (κ3) is 3.34. The molecule has 1 aliphatic rings. The molecule has 28 heavy (non-hydrogen) atoms. The van der Waals surface area contributed by atoms with Gasteiger partial charge in [-0.05, 0) is 24.3 Å². The lowest BCUT2D eigenvalue weighted by Gasteiger charge is -2.27. The van der Waals surface area contributed by atoms with Gasteiger partial charge in [-0.1, -0.05) is 35.3 Å². The zero-order valence-corrected chi connectivity index (χ0v) is 16.0. The Bertz CT molecular complexity index is 1080. The molecule has 1 amide bonds. The monoisotopic (exact) mass is 416 g/mol. The number of nitrogens with one attached hydrogen (secondary N) is 1. The minimum Gasteiger partial charge on any atom is -0.334 e. The minimum atomic E-state index is -0.592. The van der Waals surface area contributed by atoms with E-state index in [2.05, 4.69) is 10.2 Å². The smallest absolute Gasteiger partial charge is 0.283 e. The van der Waals surface area contributed by atoms with Gasteiger partial charge in [0, 0.05) is 52.4 Å². The molecular formula is C19H14Cl2N4O3. The predicted octanol–water partition coefficient (Wildman–Crippen LogP) is 4.49. The van der Waals surface area contributed by atoms with Gasteiger partial charge in [-0.25, -0.2) is 0 Å². The summed E-state index contributed by atoms with van der Waals surface area (Å²) in [5.41, 5.74) is 3.21. The van der Waals surface area contributed by atoms with Gasteiger partial charge in [0.15, 0.2) is 0 Å². The van der Waals surface area contributed by atoms with E-state index < -0.39 is 10.8 Å². The molecule has 0 saturated heterocycles. The minimum absolute atomic E-state index is 0.0226. The molecule has 0 aliphatic carbocycles. The van der Waals surface area contributed by atoms with Crippen molar-refractivity contribution in [1.29, 1.82) is 0 Å². The number of H-pyrrole nitrogens is 1. The summed E-state index contributed by atoms with van der Waals surface area (Å²) in [6.07, 6.45) is 0.586. The van der Waals surface area contributed by atoms with Gasteiger partial charge < -0.3 is 4.90 Å². The summed E-state index contributed by atoms with van der Waals surface area (Å²) in [7, 11) is 0. The quantitative estimate of drug-likeness (QED) is 0.502. The van der Waals surface area contributed by atoms with Gasteiger partial charge in [0.2, 0.25) is 0 Å². The Balaban J connectivity index is 1.66. The number of hydrogen-bond donors (Lipinski definition) is 1. The Morgan fingerprint density at radius 2 is 1.86 bits per heavy atom. The van der Waals surface area contributed by atoms with Crippen molar-refractivity contribution in [2.75, 3.05) is 6.54 Å². The number of nitro benzene ring substituents is 1. The van der Waals surface area contributed by atoms with Gasteiger partial charge in [0.25, 0.3) is 11.6 Å². The van der Waals surface area contributed by atoms with Gasteiger partial charge >= 0.3 is 0 Å². The maximum Gasteiger partial charge on any atom is 0.283 e. The number of halogens is 2. The fourth-order valence-electron chi connectivity index (χ4n) is 3.32. The summed E-state index contributed by atoms with van der Waals surface area (Å²) in [6, 6.07) is 11.4. The summed E-state index contributed by atoms with van der Waals surface area (Å²) in [5.74, 6) is -0.405. The maximum atomic E-state index is 13.0. The van der Waals surface area contributed by atoms with E-state index in [0.717, 1.165) is 22.5 Å². The molecule has 1 aliphatic heterocycles.